The number of fused-ring (bicyclic) bond motifs is 1. The molecule has 0 amide bonds. The maximum atomic E-state index is 10.4. The highest BCUT2D eigenvalue weighted by atomic mass is 16.5. The Morgan fingerprint density at radius 3 is 3.07 bits per heavy atom. The lowest BCUT2D eigenvalue weighted by Crippen LogP contribution is -2.12. The van der Waals surface area contributed by atoms with Gasteiger partial charge in [-0.05, 0) is 12.5 Å². The Balaban J connectivity index is 2.26. The molecule has 0 saturated carbocycles. The smallest absolute Gasteiger partial charge is 0.327 e. The first-order valence-corrected chi connectivity index (χ1v) is 4.90. The van der Waals surface area contributed by atoms with E-state index in [1.165, 1.54) is 6.08 Å². The molecule has 0 fully saturated rings. The Hall–Kier alpha value is -1.77. The minimum Gasteiger partial charge on any atom is -0.493 e. The van der Waals surface area contributed by atoms with Crippen LogP contribution < -0.4 is 4.74 Å². The lowest BCUT2D eigenvalue weighted by molar-refractivity contribution is -0.131. The van der Waals surface area contributed by atoms with Gasteiger partial charge in [0.2, 0.25) is 0 Å². The van der Waals surface area contributed by atoms with Gasteiger partial charge in [-0.3, -0.25) is 0 Å². The summed E-state index contributed by atoms with van der Waals surface area (Å²) >= 11 is 0. The van der Waals surface area contributed by atoms with Crippen LogP contribution in [0.15, 0.2) is 36.4 Å². The Kier molecular flexibility index (Phi) is 2.72. The summed E-state index contributed by atoms with van der Waals surface area (Å²) in [6.07, 6.45) is 3.76. The Bertz CT molecular complexity index is 396. The standard InChI is InChI=1S/C12H12O3/c13-12(14)6-5-9-7-8-15-11-4-2-1-3-10(9)11/h1-6,9H,7-8H2,(H,13,14). The highest BCUT2D eigenvalue weighted by Crippen LogP contribution is 2.33. The molecule has 0 spiro atoms. The van der Waals surface area contributed by atoms with E-state index < -0.39 is 5.97 Å². The van der Waals surface area contributed by atoms with E-state index >= 15 is 0 Å². The van der Waals surface area contributed by atoms with Crippen molar-refractivity contribution in [1.29, 1.82) is 0 Å². The molecule has 1 aromatic rings. The quantitative estimate of drug-likeness (QED) is 0.751. The molecule has 15 heavy (non-hydrogen) atoms. The van der Waals surface area contributed by atoms with Crippen molar-refractivity contribution in [1.82, 2.24) is 0 Å². The van der Waals surface area contributed by atoms with E-state index in [0.717, 1.165) is 17.7 Å². The molecule has 1 aromatic carbocycles. The van der Waals surface area contributed by atoms with E-state index in [1.54, 1.807) is 6.08 Å². The summed E-state index contributed by atoms with van der Waals surface area (Å²) < 4.78 is 5.48. The number of allylic oxidation sites excluding steroid dienone is 1. The minimum atomic E-state index is -0.904. The molecule has 3 nitrogen and oxygen atoms in total. The van der Waals surface area contributed by atoms with Gasteiger partial charge in [0.25, 0.3) is 0 Å². The maximum absolute atomic E-state index is 10.4. The molecule has 0 saturated heterocycles. The van der Waals surface area contributed by atoms with Crippen molar-refractivity contribution in [3.8, 4) is 5.75 Å². The predicted molar refractivity (Wildman–Crippen MR) is 56.1 cm³/mol. The van der Waals surface area contributed by atoms with E-state index in [0.29, 0.717) is 6.61 Å². The molecule has 3 heteroatoms. The molecule has 0 radical (unpaired) electrons. The SMILES string of the molecule is O=C(O)C=CC1CCOc2ccccc21. The number of carboxylic acid groups (broad SMARTS) is 1. The molecule has 2 rings (SSSR count). The molecule has 1 N–H and O–H groups in total. The highest BCUT2D eigenvalue weighted by molar-refractivity contribution is 5.79. The van der Waals surface area contributed by atoms with E-state index in [2.05, 4.69) is 0 Å². The number of hydrogen-bond donors (Lipinski definition) is 1. The van der Waals surface area contributed by atoms with Gasteiger partial charge >= 0.3 is 5.97 Å². The summed E-state index contributed by atoms with van der Waals surface area (Å²) in [4.78, 5) is 10.4. The molecular formula is C12H12O3. The van der Waals surface area contributed by atoms with E-state index in [1.807, 2.05) is 24.3 Å². The van der Waals surface area contributed by atoms with Crippen molar-refractivity contribution >= 4 is 5.97 Å². The molecule has 1 heterocycles. The van der Waals surface area contributed by atoms with Crippen LogP contribution in [-0.4, -0.2) is 17.7 Å². The van der Waals surface area contributed by atoms with Crippen LogP contribution >= 0.6 is 0 Å². The van der Waals surface area contributed by atoms with Gasteiger partial charge in [-0.15, -0.1) is 0 Å². The van der Waals surface area contributed by atoms with E-state index in [-0.39, 0.29) is 5.92 Å². The van der Waals surface area contributed by atoms with Crippen LogP contribution in [0.2, 0.25) is 0 Å². The predicted octanol–water partition coefficient (Wildman–Crippen LogP) is 2.19. The summed E-state index contributed by atoms with van der Waals surface area (Å²) in [6, 6.07) is 7.75. The molecular weight excluding hydrogens is 192 g/mol. The third-order valence-electron chi connectivity index (χ3n) is 2.48. The van der Waals surface area contributed by atoms with Crippen molar-refractivity contribution in [3.05, 3.63) is 42.0 Å². The van der Waals surface area contributed by atoms with Crippen molar-refractivity contribution in [2.75, 3.05) is 6.61 Å². The van der Waals surface area contributed by atoms with Crippen LogP contribution in [0.1, 0.15) is 17.9 Å². The number of carboxylic acids is 1. The molecule has 0 aromatic heterocycles. The second-order valence-electron chi connectivity index (χ2n) is 3.48. The summed E-state index contributed by atoms with van der Waals surface area (Å²) in [5, 5.41) is 8.57. The topological polar surface area (TPSA) is 46.5 Å². The Morgan fingerprint density at radius 2 is 2.27 bits per heavy atom. The average molecular weight is 204 g/mol. The zero-order valence-corrected chi connectivity index (χ0v) is 8.22. The lowest BCUT2D eigenvalue weighted by atomic mass is 9.93. The third kappa shape index (κ3) is 2.18. The second-order valence-corrected chi connectivity index (χ2v) is 3.48. The zero-order valence-electron chi connectivity index (χ0n) is 8.22. The Labute approximate surface area is 88.0 Å². The minimum absolute atomic E-state index is 0.158. The van der Waals surface area contributed by atoms with Gasteiger partial charge in [-0.1, -0.05) is 24.3 Å². The van der Waals surface area contributed by atoms with Gasteiger partial charge in [0.15, 0.2) is 0 Å². The molecule has 1 aliphatic rings. The van der Waals surface area contributed by atoms with Crippen LogP contribution in [0, 0.1) is 0 Å². The van der Waals surface area contributed by atoms with E-state index in [9.17, 15) is 4.79 Å². The second kappa shape index (κ2) is 4.17. The average Bonchev–Trinajstić information content (AvgIpc) is 2.26. The van der Waals surface area contributed by atoms with Crippen molar-refractivity contribution in [2.45, 2.75) is 12.3 Å². The number of carbonyl (C=O) groups is 1. The van der Waals surface area contributed by atoms with Gasteiger partial charge in [-0.2, -0.15) is 0 Å². The first kappa shape index (κ1) is 9.77. The highest BCUT2D eigenvalue weighted by Gasteiger charge is 2.18. The van der Waals surface area contributed by atoms with Crippen molar-refractivity contribution in [2.24, 2.45) is 0 Å². The van der Waals surface area contributed by atoms with Crippen LogP contribution in [0.5, 0.6) is 5.75 Å². The van der Waals surface area contributed by atoms with Crippen LogP contribution in [0.25, 0.3) is 0 Å². The first-order valence-electron chi connectivity index (χ1n) is 4.90. The fourth-order valence-corrected chi connectivity index (χ4v) is 1.77. The van der Waals surface area contributed by atoms with Crippen LogP contribution in [-0.2, 0) is 4.79 Å². The monoisotopic (exact) mass is 204 g/mol. The summed E-state index contributed by atoms with van der Waals surface area (Å²) in [7, 11) is 0. The number of aliphatic carboxylic acids is 1. The molecule has 1 unspecified atom stereocenters. The Morgan fingerprint density at radius 1 is 1.47 bits per heavy atom. The van der Waals surface area contributed by atoms with Gasteiger partial charge in [-0.25, -0.2) is 4.79 Å². The number of para-hydroxylation sites is 1. The van der Waals surface area contributed by atoms with Gasteiger partial charge in [0.1, 0.15) is 5.75 Å². The summed E-state index contributed by atoms with van der Waals surface area (Å²) in [5.74, 6) is 0.119. The summed E-state index contributed by atoms with van der Waals surface area (Å²) in [5.41, 5.74) is 1.07. The van der Waals surface area contributed by atoms with Gasteiger partial charge < -0.3 is 9.84 Å². The number of hydrogen-bond acceptors (Lipinski definition) is 2. The van der Waals surface area contributed by atoms with Crippen molar-refractivity contribution in [3.63, 3.8) is 0 Å². The molecule has 0 bridgehead atoms. The van der Waals surface area contributed by atoms with Crippen LogP contribution in [0.3, 0.4) is 0 Å². The number of rotatable bonds is 2. The normalized spacial score (nSPS) is 19.6. The molecule has 1 aliphatic heterocycles. The van der Waals surface area contributed by atoms with Crippen molar-refractivity contribution < 1.29 is 14.6 Å². The maximum Gasteiger partial charge on any atom is 0.327 e. The number of ether oxygens (including phenoxy) is 1. The fraction of sp³-hybridized carbons (Fsp3) is 0.250. The lowest BCUT2D eigenvalue weighted by Gasteiger charge is -2.23. The van der Waals surface area contributed by atoms with Gasteiger partial charge in [0.05, 0.1) is 6.61 Å². The molecule has 78 valence electrons. The zero-order chi connectivity index (χ0) is 10.7. The number of benzene rings is 1. The molecule has 0 aliphatic carbocycles. The fourth-order valence-electron chi connectivity index (χ4n) is 1.77. The third-order valence-corrected chi connectivity index (χ3v) is 2.48. The summed E-state index contributed by atoms with van der Waals surface area (Å²) in [6.45, 7) is 0.644. The largest absolute Gasteiger partial charge is 0.493 e. The first-order chi connectivity index (χ1) is 7.27. The van der Waals surface area contributed by atoms with Gasteiger partial charge in [0, 0.05) is 17.6 Å². The molecule has 1 atom stereocenters. The van der Waals surface area contributed by atoms with Crippen LogP contribution in [0.4, 0.5) is 0 Å². The van der Waals surface area contributed by atoms with E-state index in [4.69, 9.17) is 9.84 Å².